The lowest BCUT2D eigenvalue weighted by Crippen LogP contribution is -2.37. The number of aromatic nitrogens is 1. The van der Waals surface area contributed by atoms with E-state index in [-0.39, 0.29) is 0 Å². The molecule has 1 aliphatic heterocycles. The lowest BCUT2D eigenvalue weighted by molar-refractivity contribution is 0.0384. The number of fused-ring (bicyclic) bond motifs is 1. The maximum atomic E-state index is 5.42. The van der Waals surface area contributed by atoms with Gasteiger partial charge in [-0.15, -0.1) is 0 Å². The lowest BCUT2D eigenvalue weighted by Gasteiger charge is -2.26. The number of morpholine rings is 1. The van der Waals surface area contributed by atoms with E-state index in [1.165, 1.54) is 11.1 Å². The summed E-state index contributed by atoms with van der Waals surface area (Å²) in [5, 5.41) is 1.10. The maximum absolute atomic E-state index is 5.42. The van der Waals surface area contributed by atoms with Gasteiger partial charge >= 0.3 is 0 Å². The molecule has 0 N–H and O–H groups in total. The van der Waals surface area contributed by atoms with Gasteiger partial charge in [0, 0.05) is 36.8 Å². The maximum Gasteiger partial charge on any atom is 0.119 e. The molecule has 0 amide bonds. The molecule has 2 aromatic carbocycles. The molecule has 3 aromatic rings. The summed E-state index contributed by atoms with van der Waals surface area (Å²) in [6, 6.07) is 16.9. The van der Waals surface area contributed by atoms with Gasteiger partial charge in [-0.05, 0) is 41.8 Å². The van der Waals surface area contributed by atoms with Crippen LogP contribution in [0.15, 0.2) is 54.7 Å². The molecule has 2 heterocycles. The van der Waals surface area contributed by atoms with Gasteiger partial charge in [-0.1, -0.05) is 24.3 Å². The van der Waals surface area contributed by atoms with Crippen LogP contribution in [-0.4, -0.2) is 49.8 Å². The third-order valence-electron chi connectivity index (χ3n) is 4.97. The van der Waals surface area contributed by atoms with E-state index in [0.29, 0.717) is 0 Å². The Morgan fingerprint density at radius 1 is 1.04 bits per heavy atom. The second kappa shape index (κ2) is 7.85. The summed E-state index contributed by atoms with van der Waals surface area (Å²) in [7, 11) is 1.69. The fraction of sp³-hybridized carbons (Fsp3) is 0.318. The zero-order valence-electron chi connectivity index (χ0n) is 15.1. The Kier molecular flexibility index (Phi) is 5.14. The van der Waals surface area contributed by atoms with Gasteiger partial charge in [-0.3, -0.25) is 9.88 Å². The van der Waals surface area contributed by atoms with Crippen LogP contribution >= 0.6 is 0 Å². The fourth-order valence-electron chi connectivity index (χ4n) is 3.41. The Morgan fingerprint density at radius 2 is 1.92 bits per heavy atom. The molecule has 4 nitrogen and oxygen atoms in total. The van der Waals surface area contributed by atoms with Crippen molar-refractivity contribution in [3.8, 4) is 16.9 Å². The second-order valence-corrected chi connectivity index (χ2v) is 6.69. The topological polar surface area (TPSA) is 34.6 Å². The van der Waals surface area contributed by atoms with Gasteiger partial charge in [-0.2, -0.15) is 0 Å². The summed E-state index contributed by atoms with van der Waals surface area (Å²) in [4.78, 5) is 7.08. The van der Waals surface area contributed by atoms with Crippen LogP contribution < -0.4 is 4.74 Å². The molecule has 0 radical (unpaired) electrons. The molecule has 1 aromatic heterocycles. The van der Waals surface area contributed by atoms with Crippen molar-refractivity contribution >= 4 is 10.9 Å². The average molecular weight is 348 g/mol. The van der Waals surface area contributed by atoms with E-state index in [9.17, 15) is 0 Å². The molecule has 4 heteroatoms. The van der Waals surface area contributed by atoms with E-state index in [1.807, 2.05) is 24.4 Å². The van der Waals surface area contributed by atoms with E-state index >= 15 is 0 Å². The van der Waals surface area contributed by atoms with Gasteiger partial charge in [0.2, 0.25) is 0 Å². The van der Waals surface area contributed by atoms with Crippen molar-refractivity contribution < 1.29 is 9.47 Å². The Balaban J connectivity index is 1.54. The largest absolute Gasteiger partial charge is 0.497 e. The molecule has 134 valence electrons. The predicted octanol–water partition coefficient (Wildman–Crippen LogP) is 3.79. The van der Waals surface area contributed by atoms with Crippen molar-refractivity contribution in [1.29, 1.82) is 0 Å². The van der Waals surface area contributed by atoms with Crippen LogP contribution in [0, 0.1) is 0 Å². The van der Waals surface area contributed by atoms with E-state index in [0.717, 1.165) is 61.5 Å². The third kappa shape index (κ3) is 3.87. The van der Waals surface area contributed by atoms with Crippen LogP contribution in [0.3, 0.4) is 0 Å². The summed E-state index contributed by atoms with van der Waals surface area (Å²) < 4.78 is 10.8. The molecule has 4 rings (SSSR count). The monoisotopic (exact) mass is 348 g/mol. The summed E-state index contributed by atoms with van der Waals surface area (Å²) in [5.74, 6) is 0.857. The molecule has 0 atom stereocenters. The Labute approximate surface area is 154 Å². The number of hydrogen-bond donors (Lipinski definition) is 0. The van der Waals surface area contributed by atoms with Gasteiger partial charge in [0.15, 0.2) is 0 Å². The number of benzene rings is 2. The Bertz CT molecular complexity index is 888. The minimum atomic E-state index is 0.853. The summed E-state index contributed by atoms with van der Waals surface area (Å²) in [6.07, 6.45) is 3.01. The van der Waals surface area contributed by atoms with Crippen LogP contribution in [0.25, 0.3) is 22.0 Å². The molecule has 1 fully saturated rings. The van der Waals surface area contributed by atoms with E-state index in [1.54, 1.807) is 7.11 Å². The standard InChI is InChI=1S/C22H24N2O2/c1-25-21-5-6-22-19(15-21)14-20(16-23-22)18-4-2-3-17(13-18)7-8-24-9-11-26-12-10-24/h2-6,13-16H,7-12H2,1H3. The predicted molar refractivity (Wildman–Crippen MR) is 105 cm³/mol. The molecular formula is C22H24N2O2. The number of pyridine rings is 1. The minimum absolute atomic E-state index is 0.853. The lowest BCUT2D eigenvalue weighted by atomic mass is 10.0. The molecule has 0 bridgehead atoms. The highest BCUT2D eigenvalue weighted by molar-refractivity contribution is 5.84. The van der Waals surface area contributed by atoms with Crippen molar-refractivity contribution in [2.75, 3.05) is 40.0 Å². The number of hydrogen-bond acceptors (Lipinski definition) is 4. The zero-order valence-corrected chi connectivity index (χ0v) is 15.1. The zero-order chi connectivity index (χ0) is 17.8. The molecular weight excluding hydrogens is 324 g/mol. The first-order valence-corrected chi connectivity index (χ1v) is 9.15. The SMILES string of the molecule is COc1ccc2ncc(-c3cccc(CCN4CCOCC4)c3)cc2c1. The third-order valence-corrected chi connectivity index (χ3v) is 4.97. The summed E-state index contributed by atoms with van der Waals surface area (Å²) >= 11 is 0. The molecule has 0 saturated carbocycles. The Hall–Kier alpha value is -2.43. The van der Waals surface area contributed by atoms with Gasteiger partial charge in [0.25, 0.3) is 0 Å². The highest BCUT2D eigenvalue weighted by Gasteiger charge is 2.10. The fourth-order valence-corrected chi connectivity index (χ4v) is 3.41. The number of rotatable bonds is 5. The average Bonchev–Trinajstić information content (AvgIpc) is 2.72. The van der Waals surface area contributed by atoms with Crippen LogP contribution in [-0.2, 0) is 11.2 Å². The van der Waals surface area contributed by atoms with E-state index < -0.39 is 0 Å². The van der Waals surface area contributed by atoms with Gasteiger partial charge in [-0.25, -0.2) is 0 Å². The number of ether oxygens (including phenoxy) is 2. The molecule has 0 aliphatic carbocycles. The normalized spacial score (nSPS) is 15.3. The van der Waals surface area contributed by atoms with E-state index in [2.05, 4.69) is 40.2 Å². The smallest absolute Gasteiger partial charge is 0.119 e. The summed E-state index contributed by atoms with van der Waals surface area (Å²) in [6.45, 7) is 4.87. The molecule has 26 heavy (non-hydrogen) atoms. The van der Waals surface area contributed by atoms with Crippen molar-refractivity contribution in [2.24, 2.45) is 0 Å². The van der Waals surface area contributed by atoms with Crippen molar-refractivity contribution in [3.63, 3.8) is 0 Å². The molecule has 0 unspecified atom stereocenters. The van der Waals surface area contributed by atoms with Crippen molar-refractivity contribution in [1.82, 2.24) is 9.88 Å². The van der Waals surface area contributed by atoms with Crippen LogP contribution in [0.2, 0.25) is 0 Å². The van der Waals surface area contributed by atoms with Crippen molar-refractivity contribution in [3.05, 3.63) is 60.3 Å². The van der Waals surface area contributed by atoms with Gasteiger partial charge in [0.1, 0.15) is 5.75 Å². The van der Waals surface area contributed by atoms with Gasteiger partial charge in [0.05, 0.1) is 25.8 Å². The quantitative estimate of drug-likeness (QED) is 0.703. The highest BCUT2D eigenvalue weighted by atomic mass is 16.5. The van der Waals surface area contributed by atoms with Crippen LogP contribution in [0.1, 0.15) is 5.56 Å². The summed E-state index contributed by atoms with van der Waals surface area (Å²) in [5.41, 5.74) is 4.69. The number of methoxy groups -OCH3 is 1. The second-order valence-electron chi connectivity index (χ2n) is 6.69. The van der Waals surface area contributed by atoms with Crippen LogP contribution in [0.4, 0.5) is 0 Å². The first-order valence-electron chi connectivity index (χ1n) is 9.15. The highest BCUT2D eigenvalue weighted by Crippen LogP contribution is 2.26. The molecule has 0 spiro atoms. The van der Waals surface area contributed by atoms with Crippen LogP contribution in [0.5, 0.6) is 5.75 Å². The Morgan fingerprint density at radius 3 is 2.77 bits per heavy atom. The van der Waals surface area contributed by atoms with E-state index in [4.69, 9.17) is 9.47 Å². The van der Waals surface area contributed by atoms with Crippen molar-refractivity contribution in [2.45, 2.75) is 6.42 Å². The molecule has 1 saturated heterocycles. The van der Waals surface area contributed by atoms with Gasteiger partial charge < -0.3 is 9.47 Å². The minimum Gasteiger partial charge on any atom is -0.497 e. The first-order chi connectivity index (χ1) is 12.8. The first kappa shape index (κ1) is 17.0. The molecule has 1 aliphatic rings. The number of nitrogens with zero attached hydrogens (tertiary/aromatic N) is 2.